The third kappa shape index (κ3) is 5.74. The number of carbonyl (C=O) groups is 1. The molecule has 0 aliphatic carbocycles. The van der Waals surface area contributed by atoms with Gasteiger partial charge in [-0.25, -0.2) is 0 Å². The fourth-order valence-electron chi connectivity index (χ4n) is 1.66. The van der Waals surface area contributed by atoms with Crippen LogP contribution in [-0.4, -0.2) is 38.3 Å². The zero-order chi connectivity index (χ0) is 10.9. The number of amides is 1. The summed E-state index contributed by atoms with van der Waals surface area (Å²) in [6.07, 6.45) is 4.25. The molecule has 1 saturated heterocycles. The number of hydrogen-bond acceptors (Lipinski definition) is 3. The van der Waals surface area contributed by atoms with Crippen molar-refractivity contribution in [3.05, 3.63) is 0 Å². The van der Waals surface area contributed by atoms with Crippen LogP contribution in [0.15, 0.2) is 0 Å². The molecule has 0 radical (unpaired) electrons. The van der Waals surface area contributed by atoms with Gasteiger partial charge in [0.1, 0.15) is 0 Å². The van der Waals surface area contributed by atoms with E-state index in [2.05, 4.69) is 10.6 Å². The summed E-state index contributed by atoms with van der Waals surface area (Å²) in [5.74, 6) is 0.116. The monoisotopic (exact) mass is 214 g/mol. The van der Waals surface area contributed by atoms with Gasteiger partial charge in [-0.05, 0) is 25.8 Å². The van der Waals surface area contributed by atoms with Crippen LogP contribution in [-0.2, 0) is 9.53 Å². The highest BCUT2D eigenvalue weighted by Gasteiger charge is 2.14. The smallest absolute Gasteiger partial charge is 0.221 e. The van der Waals surface area contributed by atoms with Crippen LogP contribution < -0.4 is 10.6 Å². The molecular weight excluding hydrogens is 192 g/mol. The Morgan fingerprint density at radius 2 is 2.33 bits per heavy atom. The lowest BCUT2D eigenvalue weighted by molar-refractivity contribution is -0.121. The van der Waals surface area contributed by atoms with Crippen LogP contribution in [0.4, 0.5) is 0 Å². The highest BCUT2D eigenvalue weighted by atomic mass is 16.5. The molecule has 1 aliphatic rings. The standard InChI is InChI=1S/C11H22N2O2/c1-2-12-7-6-11(14)13-9-10-5-3-4-8-15-10/h10,12H,2-9H2,1H3,(H,13,14). The van der Waals surface area contributed by atoms with E-state index in [0.29, 0.717) is 13.0 Å². The SMILES string of the molecule is CCNCCC(=O)NCC1CCCCO1. The predicted octanol–water partition coefficient (Wildman–Crippen LogP) is 0.671. The summed E-state index contributed by atoms with van der Waals surface area (Å²) in [7, 11) is 0. The van der Waals surface area contributed by atoms with Crippen LogP contribution in [0.1, 0.15) is 32.6 Å². The Labute approximate surface area is 91.8 Å². The van der Waals surface area contributed by atoms with E-state index < -0.39 is 0 Å². The molecule has 4 heteroatoms. The molecule has 1 unspecified atom stereocenters. The Hall–Kier alpha value is -0.610. The molecule has 1 rings (SSSR count). The highest BCUT2D eigenvalue weighted by molar-refractivity contribution is 5.76. The summed E-state index contributed by atoms with van der Waals surface area (Å²) in [6.45, 7) is 5.23. The first-order valence-electron chi connectivity index (χ1n) is 5.92. The van der Waals surface area contributed by atoms with Gasteiger partial charge in [-0.3, -0.25) is 4.79 Å². The summed E-state index contributed by atoms with van der Waals surface area (Å²) >= 11 is 0. The normalized spacial score (nSPS) is 21.3. The largest absolute Gasteiger partial charge is 0.376 e. The van der Waals surface area contributed by atoms with E-state index in [4.69, 9.17) is 4.74 Å². The Morgan fingerprint density at radius 1 is 1.47 bits per heavy atom. The van der Waals surface area contributed by atoms with E-state index in [1.165, 1.54) is 6.42 Å². The first-order valence-corrected chi connectivity index (χ1v) is 5.92. The third-order valence-corrected chi connectivity index (χ3v) is 2.58. The Bertz CT molecular complexity index is 179. The molecule has 1 heterocycles. The first-order chi connectivity index (χ1) is 7.33. The zero-order valence-electron chi connectivity index (χ0n) is 9.55. The number of hydrogen-bond donors (Lipinski definition) is 2. The molecule has 1 atom stereocenters. The Kier molecular flexibility index (Phi) is 6.36. The Morgan fingerprint density at radius 3 is 3.00 bits per heavy atom. The average molecular weight is 214 g/mol. The van der Waals surface area contributed by atoms with Crippen LogP contribution >= 0.6 is 0 Å². The maximum Gasteiger partial charge on any atom is 0.221 e. The lowest BCUT2D eigenvalue weighted by Crippen LogP contribution is -2.36. The van der Waals surface area contributed by atoms with Gasteiger partial charge in [0.05, 0.1) is 6.10 Å². The van der Waals surface area contributed by atoms with Gasteiger partial charge in [0.15, 0.2) is 0 Å². The van der Waals surface area contributed by atoms with Crippen LogP contribution in [0.2, 0.25) is 0 Å². The fraction of sp³-hybridized carbons (Fsp3) is 0.909. The van der Waals surface area contributed by atoms with Crippen molar-refractivity contribution in [2.75, 3.05) is 26.2 Å². The second kappa shape index (κ2) is 7.65. The number of nitrogens with one attached hydrogen (secondary N) is 2. The summed E-state index contributed by atoms with van der Waals surface area (Å²) in [5.41, 5.74) is 0. The van der Waals surface area contributed by atoms with E-state index in [1.807, 2.05) is 6.92 Å². The second-order valence-corrected chi connectivity index (χ2v) is 3.90. The van der Waals surface area contributed by atoms with Gasteiger partial charge in [0, 0.05) is 26.1 Å². The van der Waals surface area contributed by atoms with E-state index in [9.17, 15) is 4.79 Å². The third-order valence-electron chi connectivity index (χ3n) is 2.58. The van der Waals surface area contributed by atoms with Gasteiger partial charge in [0.2, 0.25) is 5.91 Å². The minimum absolute atomic E-state index is 0.116. The summed E-state index contributed by atoms with van der Waals surface area (Å²) in [5, 5.41) is 6.03. The van der Waals surface area contributed by atoms with Crippen molar-refractivity contribution in [2.24, 2.45) is 0 Å². The molecule has 1 amide bonds. The van der Waals surface area contributed by atoms with E-state index >= 15 is 0 Å². The van der Waals surface area contributed by atoms with E-state index in [1.54, 1.807) is 0 Å². The molecule has 0 aromatic rings. The van der Waals surface area contributed by atoms with Gasteiger partial charge >= 0.3 is 0 Å². The van der Waals surface area contributed by atoms with Crippen molar-refractivity contribution >= 4 is 5.91 Å². The predicted molar refractivity (Wildman–Crippen MR) is 59.8 cm³/mol. The molecule has 0 aromatic heterocycles. The molecule has 0 bridgehead atoms. The van der Waals surface area contributed by atoms with Gasteiger partial charge in [-0.1, -0.05) is 6.92 Å². The molecule has 0 saturated carbocycles. The second-order valence-electron chi connectivity index (χ2n) is 3.90. The van der Waals surface area contributed by atoms with Gasteiger partial charge in [-0.2, -0.15) is 0 Å². The molecule has 88 valence electrons. The van der Waals surface area contributed by atoms with Gasteiger partial charge in [0.25, 0.3) is 0 Å². The quantitative estimate of drug-likeness (QED) is 0.639. The minimum atomic E-state index is 0.116. The van der Waals surface area contributed by atoms with Crippen LogP contribution in [0.5, 0.6) is 0 Å². The van der Waals surface area contributed by atoms with Crippen molar-refractivity contribution < 1.29 is 9.53 Å². The minimum Gasteiger partial charge on any atom is -0.376 e. The number of carbonyl (C=O) groups excluding carboxylic acids is 1. The molecule has 0 aromatic carbocycles. The molecule has 1 fully saturated rings. The van der Waals surface area contributed by atoms with Gasteiger partial charge < -0.3 is 15.4 Å². The van der Waals surface area contributed by atoms with Crippen LogP contribution in [0.25, 0.3) is 0 Å². The maximum absolute atomic E-state index is 11.4. The molecule has 1 aliphatic heterocycles. The summed E-state index contributed by atoms with van der Waals surface area (Å²) < 4.78 is 5.52. The Balaban J connectivity index is 2.00. The summed E-state index contributed by atoms with van der Waals surface area (Å²) in [4.78, 5) is 11.4. The lowest BCUT2D eigenvalue weighted by atomic mass is 10.1. The van der Waals surface area contributed by atoms with Crippen molar-refractivity contribution in [1.82, 2.24) is 10.6 Å². The highest BCUT2D eigenvalue weighted by Crippen LogP contribution is 2.11. The van der Waals surface area contributed by atoms with Crippen molar-refractivity contribution in [2.45, 2.75) is 38.7 Å². The van der Waals surface area contributed by atoms with E-state index in [0.717, 1.165) is 32.5 Å². The van der Waals surface area contributed by atoms with E-state index in [-0.39, 0.29) is 12.0 Å². The van der Waals surface area contributed by atoms with Crippen molar-refractivity contribution in [1.29, 1.82) is 0 Å². The maximum atomic E-state index is 11.4. The average Bonchev–Trinajstić information content (AvgIpc) is 2.28. The number of ether oxygens (including phenoxy) is 1. The van der Waals surface area contributed by atoms with Crippen LogP contribution in [0.3, 0.4) is 0 Å². The summed E-state index contributed by atoms with van der Waals surface area (Å²) in [6, 6.07) is 0. The van der Waals surface area contributed by atoms with Crippen LogP contribution in [0, 0.1) is 0 Å². The fourth-order valence-corrected chi connectivity index (χ4v) is 1.66. The molecular formula is C11H22N2O2. The van der Waals surface area contributed by atoms with Crippen molar-refractivity contribution in [3.8, 4) is 0 Å². The number of rotatable bonds is 6. The zero-order valence-corrected chi connectivity index (χ0v) is 9.55. The van der Waals surface area contributed by atoms with Gasteiger partial charge in [-0.15, -0.1) is 0 Å². The molecule has 2 N–H and O–H groups in total. The first kappa shape index (κ1) is 12.5. The molecule has 15 heavy (non-hydrogen) atoms. The lowest BCUT2D eigenvalue weighted by Gasteiger charge is -2.22. The topological polar surface area (TPSA) is 50.4 Å². The van der Waals surface area contributed by atoms with Crippen molar-refractivity contribution in [3.63, 3.8) is 0 Å². The molecule has 0 spiro atoms. The molecule has 4 nitrogen and oxygen atoms in total.